The molecule has 0 spiro atoms. The summed E-state index contributed by atoms with van der Waals surface area (Å²) in [5.41, 5.74) is 11.1. The maximum Gasteiger partial charge on any atom is 0.165 e. The molecule has 1 fully saturated rings. The summed E-state index contributed by atoms with van der Waals surface area (Å²) in [4.78, 5) is 7.68. The molecule has 4 nitrogen and oxygen atoms in total. The molecule has 3 aromatic rings. The van der Waals surface area contributed by atoms with Crippen LogP contribution in [0.1, 0.15) is 52.9 Å². The SMILES string of the molecule is Cc1cc(C)c(-c2c(C)nn3c4c(c(C)nc23)CCCN4CC2CC2)c(C)c1. The first kappa shape index (κ1) is 17.7. The van der Waals surface area contributed by atoms with Gasteiger partial charge in [-0.1, -0.05) is 17.7 Å². The van der Waals surface area contributed by atoms with E-state index in [9.17, 15) is 0 Å². The Kier molecular flexibility index (Phi) is 4.01. The smallest absolute Gasteiger partial charge is 0.165 e. The van der Waals surface area contributed by atoms with Crippen LogP contribution in [-0.2, 0) is 6.42 Å². The zero-order valence-corrected chi connectivity index (χ0v) is 17.8. The lowest BCUT2D eigenvalue weighted by molar-refractivity contribution is 0.628. The molecule has 28 heavy (non-hydrogen) atoms. The van der Waals surface area contributed by atoms with Crippen molar-refractivity contribution in [2.24, 2.45) is 5.92 Å². The van der Waals surface area contributed by atoms with Gasteiger partial charge in [0.1, 0.15) is 5.82 Å². The molecule has 0 amide bonds. The van der Waals surface area contributed by atoms with Gasteiger partial charge in [-0.2, -0.15) is 9.61 Å². The van der Waals surface area contributed by atoms with Gasteiger partial charge >= 0.3 is 0 Å². The van der Waals surface area contributed by atoms with E-state index < -0.39 is 0 Å². The van der Waals surface area contributed by atoms with Crippen LogP contribution < -0.4 is 4.90 Å². The Balaban J connectivity index is 1.78. The summed E-state index contributed by atoms with van der Waals surface area (Å²) >= 11 is 0. The van der Waals surface area contributed by atoms with E-state index in [1.165, 1.54) is 70.7 Å². The van der Waals surface area contributed by atoms with E-state index in [1.54, 1.807) is 0 Å². The molecule has 3 heterocycles. The number of anilines is 1. The molecule has 2 aromatic heterocycles. The number of aromatic nitrogens is 3. The Morgan fingerprint density at radius 1 is 0.964 bits per heavy atom. The quantitative estimate of drug-likeness (QED) is 0.639. The maximum absolute atomic E-state index is 5.09. The topological polar surface area (TPSA) is 33.4 Å². The molecule has 1 aromatic carbocycles. The number of nitrogens with zero attached hydrogens (tertiary/aromatic N) is 4. The maximum atomic E-state index is 5.09. The van der Waals surface area contributed by atoms with Gasteiger partial charge in [0, 0.05) is 24.3 Å². The highest BCUT2D eigenvalue weighted by atomic mass is 15.4. The predicted molar refractivity (Wildman–Crippen MR) is 115 cm³/mol. The molecule has 0 radical (unpaired) electrons. The minimum absolute atomic E-state index is 0.868. The average Bonchev–Trinajstić information content (AvgIpc) is 3.39. The number of rotatable bonds is 3. The van der Waals surface area contributed by atoms with Crippen molar-refractivity contribution in [2.45, 2.75) is 60.3 Å². The zero-order chi connectivity index (χ0) is 19.6. The summed E-state index contributed by atoms with van der Waals surface area (Å²) in [6.45, 7) is 13.2. The molecule has 0 atom stereocenters. The van der Waals surface area contributed by atoms with Crippen LogP contribution in [0.15, 0.2) is 12.1 Å². The molecule has 0 bridgehead atoms. The van der Waals surface area contributed by atoms with Crippen LogP contribution in [0.25, 0.3) is 16.8 Å². The summed E-state index contributed by atoms with van der Waals surface area (Å²) < 4.78 is 2.16. The van der Waals surface area contributed by atoms with Crippen molar-refractivity contribution in [3.8, 4) is 11.1 Å². The van der Waals surface area contributed by atoms with Crippen molar-refractivity contribution in [3.05, 3.63) is 45.8 Å². The van der Waals surface area contributed by atoms with Crippen molar-refractivity contribution < 1.29 is 0 Å². The van der Waals surface area contributed by atoms with E-state index in [-0.39, 0.29) is 0 Å². The number of aryl methyl sites for hydroxylation is 5. The highest BCUT2D eigenvalue weighted by Gasteiger charge is 2.31. The molecule has 2 aliphatic rings. The fourth-order valence-corrected chi connectivity index (χ4v) is 5.11. The second-order valence-electron chi connectivity index (χ2n) is 8.96. The number of fused-ring (bicyclic) bond motifs is 3. The molecule has 1 aliphatic heterocycles. The van der Waals surface area contributed by atoms with Gasteiger partial charge in [0.25, 0.3) is 0 Å². The molecule has 0 N–H and O–H groups in total. The largest absolute Gasteiger partial charge is 0.356 e. The van der Waals surface area contributed by atoms with E-state index in [1.807, 2.05) is 0 Å². The summed E-state index contributed by atoms with van der Waals surface area (Å²) in [7, 11) is 0. The van der Waals surface area contributed by atoms with Crippen LogP contribution in [0.3, 0.4) is 0 Å². The van der Waals surface area contributed by atoms with Crippen LogP contribution in [-0.4, -0.2) is 27.7 Å². The monoisotopic (exact) mass is 374 g/mol. The van der Waals surface area contributed by atoms with Crippen LogP contribution >= 0.6 is 0 Å². The Labute approximate surface area is 167 Å². The highest BCUT2D eigenvalue weighted by molar-refractivity contribution is 5.85. The van der Waals surface area contributed by atoms with Crippen LogP contribution in [0.2, 0.25) is 0 Å². The molecular weight excluding hydrogens is 344 g/mol. The molecule has 5 rings (SSSR count). The third-order valence-corrected chi connectivity index (χ3v) is 6.47. The Bertz CT molecular complexity index is 1060. The summed E-state index contributed by atoms with van der Waals surface area (Å²) in [6.07, 6.45) is 5.09. The summed E-state index contributed by atoms with van der Waals surface area (Å²) in [5, 5.41) is 5.04. The highest BCUT2D eigenvalue weighted by Crippen LogP contribution is 2.39. The third-order valence-electron chi connectivity index (χ3n) is 6.47. The molecule has 1 saturated carbocycles. The van der Waals surface area contributed by atoms with Crippen LogP contribution in [0.4, 0.5) is 5.82 Å². The van der Waals surface area contributed by atoms with Gasteiger partial charge in [0.2, 0.25) is 0 Å². The fraction of sp³-hybridized carbons (Fsp3) is 0.500. The standard InChI is InChI=1S/C24H30N4/c1-14-11-15(2)21(16(3)12-14)22-18(5)26-28-23(22)25-17(4)20-7-6-10-27(24(20)28)13-19-8-9-19/h11-12,19H,6-10,13H2,1-5H3. The number of hydrogen-bond acceptors (Lipinski definition) is 3. The first-order valence-corrected chi connectivity index (χ1v) is 10.7. The molecule has 0 saturated heterocycles. The van der Waals surface area contributed by atoms with Gasteiger partial charge in [-0.3, -0.25) is 0 Å². The zero-order valence-electron chi connectivity index (χ0n) is 17.8. The van der Waals surface area contributed by atoms with Gasteiger partial charge in [0.15, 0.2) is 5.65 Å². The van der Waals surface area contributed by atoms with E-state index in [2.05, 4.69) is 56.2 Å². The van der Waals surface area contributed by atoms with Crippen LogP contribution in [0.5, 0.6) is 0 Å². The number of hydrogen-bond donors (Lipinski definition) is 0. The van der Waals surface area contributed by atoms with Crippen molar-refractivity contribution >= 4 is 11.5 Å². The molecule has 4 heteroatoms. The third kappa shape index (κ3) is 2.73. The van der Waals surface area contributed by atoms with Gasteiger partial charge in [-0.25, -0.2) is 4.98 Å². The first-order valence-electron chi connectivity index (χ1n) is 10.7. The second kappa shape index (κ2) is 6.33. The lowest BCUT2D eigenvalue weighted by Gasteiger charge is -2.32. The lowest BCUT2D eigenvalue weighted by atomic mass is 9.94. The Morgan fingerprint density at radius 2 is 1.68 bits per heavy atom. The van der Waals surface area contributed by atoms with Gasteiger partial charge in [-0.05, 0) is 82.9 Å². The lowest BCUT2D eigenvalue weighted by Crippen LogP contribution is -2.34. The minimum atomic E-state index is 0.868. The molecule has 1 aliphatic carbocycles. The number of benzene rings is 1. The molecule has 0 unspecified atom stereocenters. The van der Waals surface area contributed by atoms with E-state index >= 15 is 0 Å². The van der Waals surface area contributed by atoms with Gasteiger partial charge in [0.05, 0.1) is 11.3 Å². The van der Waals surface area contributed by atoms with Crippen LogP contribution in [0, 0.1) is 40.5 Å². The fourth-order valence-electron chi connectivity index (χ4n) is 5.11. The first-order chi connectivity index (χ1) is 13.4. The summed E-state index contributed by atoms with van der Waals surface area (Å²) in [6, 6.07) is 4.55. The van der Waals surface area contributed by atoms with Crippen molar-refractivity contribution in [2.75, 3.05) is 18.0 Å². The summed E-state index contributed by atoms with van der Waals surface area (Å²) in [5.74, 6) is 2.17. The van der Waals surface area contributed by atoms with Crippen molar-refractivity contribution in [1.82, 2.24) is 14.6 Å². The predicted octanol–water partition coefficient (Wildman–Crippen LogP) is 5.10. The Hall–Kier alpha value is -2.36. The minimum Gasteiger partial charge on any atom is -0.356 e. The molecular formula is C24H30N4. The van der Waals surface area contributed by atoms with E-state index in [0.29, 0.717) is 0 Å². The van der Waals surface area contributed by atoms with Gasteiger partial charge < -0.3 is 4.90 Å². The van der Waals surface area contributed by atoms with Crippen molar-refractivity contribution in [1.29, 1.82) is 0 Å². The Morgan fingerprint density at radius 3 is 2.36 bits per heavy atom. The average molecular weight is 375 g/mol. The van der Waals surface area contributed by atoms with Gasteiger partial charge in [-0.15, -0.1) is 0 Å². The van der Waals surface area contributed by atoms with E-state index in [0.717, 1.165) is 30.2 Å². The molecule has 146 valence electrons. The van der Waals surface area contributed by atoms with E-state index in [4.69, 9.17) is 10.1 Å². The van der Waals surface area contributed by atoms with Crippen molar-refractivity contribution in [3.63, 3.8) is 0 Å². The normalized spacial score (nSPS) is 16.7. The second-order valence-corrected chi connectivity index (χ2v) is 8.96.